The lowest BCUT2D eigenvalue weighted by Crippen LogP contribution is -2.20. The van der Waals surface area contributed by atoms with Crippen LogP contribution in [0.25, 0.3) is 10.9 Å². The largest absolute Gasteiger partial charge is 0.343 e. The first-order valence-electron chi connectivity index (χ1n) is 10.3. The molecule has 1 atom stereocenters. The van der Waals surface area contributed by atoms with Gasteiger partial charge in [-0.05, 0) is 41.3 Å². The van der Waals surface area contributed by atoms with Crippen LogP contribution >= 0.6 is 11.6 Å². The summed E-state index contributed by atoms with van der Waals surface area (Å²) in [6, 6.07) is 27.9. The number of aromatic nitrogens is 1. The normalized spacial score (nSPS) is 12.3. The average molecular weight is 403 g/mol. The van der Waals surface area contributed by atoms with Gasteiger partial charge in [0.2, 0.25) is 0 Å². The minimum atomic E-state index is 0.372. The minimum absolute atomic E-state index is 0.372. The van der Waals surface area contributed by atoms with Gasteiger partial charge in [-0.1, -0.05) is 85.6 Å². The van der Waals surface area contributed by atoms with Crippen LogP contribution < -0.4 is 5.32 Å². The van der Waals surface area contributed by atoms with Crippen molar-refractivity contribution in [3.05, 3.63) is 107 Å². The lowest BCUT2D eigenvalue weighted by atomic mass is 10.0. The van der Waals surface area contributed by atoms with E-state index in [1.807, 2.05) is 18.2 Å². The molecule has 0 bridgehead atoms. The molecule has 4 aromatic rings. The Morgan fingerprint density at radius 2 is 1.72 bits per heavy atom. The number of benzene rings is 3. The van der Waals surface area contributed by atoms with Gasteiger partial charge in [0.25, 0.3) is 0 Å². The molecule has 148 valence electrons. The van der Waals surface area contributed by atoms with Gasteiger partial charge < -0.3 is 9.88 Å². The van der Waals surface area contributed by atoms with Gasteiger partial charge in [-0.25, -0.2) is 0 Å². The van der Waals surface area contributed by atoms with Gasteiger partial charge in [0.15, 0.2) is 0 Å². The van der Waals surface area contributed by atoms with E-state index < -0.39 is 0 Å². The Bertz CT molecular complexity index is 1070. The van der Waals surface area contributed by atoms with Gasteiger partial charge in [0.05, 0.1) is 0 Å². The highest BCUT2D eigenvalue weighted by Gasteiger charge is 2.13. The molecule has 0 saturated carbocycles. The van der Waals surface area contributed by atoms with E-state index in [0.29, 0.717) is 6.04 Å². The van der Waals surface area contributed by atoms with Crippen LogP contribution in [0.15, 0.2) is 85.1 Å². The number of rotatable bonds is 8. The summed E-state index contributed by atoms with van der Waals surface area (Å²) in [6.07, 6.45) is 4.57. The molecular formula is C26H27ClN2. The van der Waals surface area contributed by atoms with Crippen LogP contribution in [-0.4, -0.2) is 4.57 Å². The molecule has 0 amide bonds. The van der Waals surface area contributed by atoms with Gasteiger partial charge in [-0.15, -0.1) is 0 Å². The molecule has 1 heterocycles. The summed E-state index contributed by atoms with van der Waals surface area (Å²) in [5.41, 5.74) is 5.17. The molecule has 2 nitrogen and oxygen atoms in total. The van der Waals surface area contributed by atoms with Crippen LogP contribution in [0.3, 0.4) is 0 Å². The first-order valence-corrected chi connectivity index (χ1v) is 10.7. The van der Waals surface area contributed by atoms with E-state index in [1.54, 1.807) is 0 Å². The maximum atomic E-state index is 6.19. The van der Waals surface area contributed by atoms with Crippen molar-refractivity contribution in [1.29, 1.82) is 0 Å². The van der Waals surface area contributed by atoms with Crippen molar-refractivity contribution in [2.45, 2.75) is 38.9 Å². The summed E-state index contributed by atoms with van der Waals surface area (Å²) in [5, 5.41) is 5.89. The zero-order chi connectivity index (χ0) is 20.1. The minimum Gasteiger partial charge on any atom is -0.343 e. The maximum Gasteiger partial charge on any atom is 0.0486 e. The van der Waals surface area contributed by atoms with E-state index in [4.69, 9.17) is 11.6 Å². The van der Waals surface area contributed by atoms with Gasteiger partial charge in [-0.3, -0.25) is 0 Å². The molecule has 29 heavy (non-hydrogen) atoms. The third kappa shape index (κ3) is 4.72. The first-order chi connectivity index (χ1) is 14.2. The van der Waals surface area contributed by atoms with E-state index in [1.165, 1.54) is 27.6 Å². The zero-order valence-electron chi connectivity index (χ0n) is 16.8. The number of hydrogen-bond acceptors (Lipinski definition) is 1. The number of halogens is 1. The molecular weight excluding hydrogens is 376 g/mol. The van der Waals surface area contributed by atoms with E-state index in [0.717, 1.165) is 31.0 Å². The van der Waals surface area contributed by atoms with Gasteiger partial charge in [0, 0.05) is 41.3 Å². The van der Waals surface area contributed by atoms with Crippen molar-refractivity contribution in [3.63, 3.8) is 0 Å². The number of fused-ring (bicyclic) bond motifs is 1. The van der Waals surface area contributed by atoms with Crippen molar-refractivity contribution in [1.82, 2.24) is 9.88 Å². The number of nitrogens with zero attached hydrogens (tertiary/aromatic N) is 1. The molecule has 0 aliphatic rings. The Morgan fingerprint density at radius 3 is 2.52 bits per heavy atom. The molecule has 0 fully saturated rings. The standard InChI is InChI=1S/C26H27ClN2/c1-2-9-25(21-11-4-3-5-12-21)28-17-22-19-29(26-15-7-6-14-24(22)26)18-20-10-8-13-23(27)16-20/h3-8,10-16,19,25,28H,2,9,17-18H2,1H3/t25-/m0/s1. The summed E-state index contributed by atoms with van der Waals surface area (Å²) in [4.78, 5) is 0. The van der Waals surface area contributed by atoms with Gasteiger partial charge >= 0.3 is 0 Å². The Morgan fingerprint density at radius 1 is 0.931 bits per heavy atom. The quantitative estimate of drug-likeness (QED) is 0.336. The van der Waals surface area contributed by atoms with E-state index in [2.05, 4.69) is 83.7 Å². The highest BCUT2D eigenvalue weighted by atomic mass is 35.5. The monoisotopic (exact) mass is 402 g/mol. The second-order valence-electron chi connectivity index (χ2n) is 7.56. The molecule has 3 heteroatoms. The van der Waals surface area contributed by atoms with Crippen LogP contribution in [0.1, 0.15) is 42.5 Å². The molecule has 0 spiro atoms. The van der Waals surface area contributed by atoms with Crippen LogP contribution in [0.2, 0.25) is 5.02 Å². The topological polar surface area (TPSA) is 17.0 Å². The Kier molecular flexibility index (Phi) is 6.33. The summed E-state index contributed by atoms with van der Waals surface area (Å²) < 4.78 is 2.33. The summed E-state index contributed by atoms with van der Waals surface area (Å²) in [6.45, 7) is 3.91. The highest BCUT2D eigenvalue weighted by Crippen LogP contribution is 2.25. The molecule has 1 N–H and O–H groups in total. The fraction of sp³-hybridized carbons (Fsp3) is 0.231. The summed E-state index contributed by atoms with van der Waals surface area (Å²) in [7, 11) is 0. The Balaban J connectivity index is 1.59. The number of hydrogen-bond donors (Lipinski definition) is 1. The highest BCUT2D eigenvalue weighted by molar-refractivity contribution is 6.30. The fourth-order valence-corrected chi connectivity index (χ4v) is 4.23. The molecule has 0 aliphatic heterocycles. The lowest BCUT2D eigenvalue weighted by Gasteiger charge is -2.18. The fourth-order valence-electron chi connectivity index (χ4n) is 4.02. The maximum absolute atomic E-state index is 6.19. The van der Waals surface area contributed by atoms with Gasteiger partial charge in [0.1, 0.15) is 0 Å². The van der Waals surface area contributed by atoms with Crippen molar-refractivity contribution in [3.8, 4) is 0 Å². The first kappa shape index (κ1) is 19.8. The zero-order valence-corrected chi connectivity index (χ0v) is 17.6. The third-order valence-corrected chi connectivity index (χ3v) is 5.67. The average Bonchev–Trinajstić information content (AvgIpc) is 3.09. The Labute approximate surface area is 178 Å². The van der Waals surface area contributed by atoms with Crippen LogP contribution in [0, 0.1) is 0 Å². The number of nitrogens with one attached hydrogen (secondary N) is 1. The predicted octanol–water partition coefficient (Wildman–Crippen LogP) is 6.97. The molecule has 0 radical (unpaired) electrons. The van der Waals surface area contributed by atoms with E-state index in [9.17, 15) is 0 Å². The van der Waals surface area contributed by atoms with E-state index in [-0.39, 0.29) is 0 Å². The Hall–Kier alpha value is -2.55. The van der Waals surface area contributed by atoms with Crippen molar-refractivity contribution >= 4 is 22.5 Å². The molecule has 0 aliphatic carbocycles. The predicted molar refractivity (Wildman–Crippen MR) is 123 cm³/mol. The third-order valence-electron chi connectivity index (χ3n) is 5.43. The molecule has 4 rings (SSSR count). The molecule has 1 aromatic heterocycles. The van der Waals surface area contributed by atoms with Crippen LogP contribution in [-0.2, 0) is 13.1 Å². The van der Waals surface area contributed by atoms with Crippen molar-refractivity contribution in [2.75, 3.05) is 0 Å². The molecule has 0 unspecified atom stereocenters. The van der Waals surface area contributed by atoms with Crippen LogP contribution in [0.4, 0.5) is 0 Å². The lowest BCUT2D eigenvalue weighted by molar-refractivity contribution is 0.494. The smallest absolute Gasteiger partial charge is 0.0486 e. The van der Waals surface area contributed by atoms with Crippen molar-refractivity contribution < 1.29 is 0 Å². The second kappa shape index (κ2) is 9.30. The second-order valence-corrected chi connectivity index (χ2v) is 8.00. The van der Waals surface area contributed by atoms with Crippen molar-refractivity contribution in [2.24, 2.45) is 0 Å². The number of para-hydroxylation sites is 1. The summed E-state index contributed by atoms with van der Waals surface area (Å²) >= 11 is 6.19. The van der Waals surface area contributed by atoms with Crippen LogP contribution in [0.5, 0.6) is 0 Å². The van der Waals surface area contributed by atoms with E-state index >= 15 is 0 Å². The molecule has 0 saturated heterocycles. The molecule has 3 aromatic carbocycles. The summed E-state index contributed by atoms with van der Waals surface area (Å²) in [5.74, 6) is 0. The SMILES string of the molecule is CCC[C@H](NCc1cn(Cc2cccc(Cl)c2)c2ccccc12)c1ccccc1. The van der Waals surface area contributed by atoms with Gasteiger partial charge in [-0.2, -0.15) is 0 Å².